The minimum Gasteiger partial charge on any atom is -0.376 e. The van der Waals surface area contributed by atoms with Crippen LogP contribution >= 0.6 is 27.3 Å². The molecule has 1 atom stereocenters. The van der Waals surface area contributed by atoms with Gasteiger partial charge in [-0.3, -0.25) is 0 Å². The lowest BCUT2D eigenvalue weighted by atomic mass is 9.80. The minimum absolute atomic E-state index is 0.915. The van der Waals surface area contributed by atoms with Crippen molar-refractivity contribution in [2.45, 2.75) is 5.60 Å². The highest BCUT2D eigenvalue weighted by molar-refractivity contribution is 9.10. The highest BCUT2D eigenvalue weighted by Gasteiger charge is 2.45. The second-order valence-corrected chi connectivity index (χ2v) is 9.38. The molecule has 144 valence electrons. The molecule has 3 heteroatoms. The molecule has 0 amide bonds. The van der Waals surface area contributed by atoms with Gasteiger partial charge in [0.05, 0.1) is 0 Å². The third-order valence-electron chi connectivity index (χ3n) is 6.08. The summed E-state index contributed by atoms with van der Waals surface area (Å²) in [6.07, 6.45) is 0. The van der Waals surface area contributed by atoms with Crippen molar-refractivity contribution in [2.75, 3.05) is 0 Å². The van der Waals surface area contributed by atoms with E-state index in [0.29, 0.717) is 0 Å². The van der Waals surface area contributed by atoms with Crippen molar-refractivity contribution in [1.29, 1.82) is 0 Å². The van der Waals surface area contributed by atoms with E-state index < -0.39 is 5.60 Å². The molecular formula is C27H17BrOS. The number of rotatable bonds is 2. The maximum Gasteiger partial charge on any atom is 0.142 e. The summed E-state index contributed by atoms with van der Waals surface area (Å²) in [6.45, 7) is 0. The molecule has 0 radical (unpaired) electrons. The zero-order chi connectivity index (χ0) is 20.3. The van der Waals surface area contributed by atoms with Gasteiger partial charge in [-0.05, 0) is 28.6 Å². The second-order valence-electron chi connectivity index (χ2n) is 7.61. The standard InChI is InChI=1S/C27H17BrOS/c28-24-14-7-13-23-26(24)19-10-2-5-12-22(19)27(23,29)21-11-4-1-8-17(21)20-16-30-25-15-6-3-9-18(20)25/h1-16,29H. The molecule has 0 aliphatic heterocycles. The summed E-state index contributed by atoms with van der Waals surface area (Å²) < 4.78 is 2.26. The highest BCUT2D eigenvalue weighted by atomic mass is 79.9. The van der Waals surface area contributed by atoms with Crippen LogP contribution in [-0.2, 0) is 5.60 Å². The van der Waals surface area contributed by atoms with Crippen LogP contribution in [0, 0.1) is 0 Å². The van der Waals surface area contributed by atoms with Crippen molar-refractivity contribution < 1.29 is 5.11 Å². The summed E-state index contributed by atoms with van der Waals surface area (Å²) in [6, 6.07) is 31.0. The van der Waals surface area contributed by atoms with Crippen molar-refractivity contribution >= 4 is 37.4 Å². The van der Waals surface area contributed by atoms with E-state index in [1.165, 1.54) is 15.6 Å². The zero-order valence-electron chi connectivity index (χ0n) is 16.0. The molecular weight excluding hydrogens is 452 g/mol. The van der Waals surface area contributed by atoms with E-state index in [9.17, 15) is 5.11 Å². The first-order valence-electron chi connectivity index (χ1n) is 9.87. The Kier molecular flexibility index (Phi) is 4.00. The lowest BCUT2D eigenvalue weighted by Gasteiger charge is -2.29. The van der Waals surface area contributed by atoms with Crippen LogP contribution in [-0.4, -0.2) is 5.11 Å². The number of thiophene rings is 1. The van der Waals surface area contributed by atoms with Crippen molar-refractivity contribution in [3.05, 3.63) is 118 Å². The van der Waals surface area contributed by atoms with E-state index in [1.807, 2.05) is 42.5 Å². The van der Waals surface area contributed by atoms with Crippen LogP contribution in [0.2, 0.25) is 0 Å². The molecule has 1 nitrogen and oxygen atoms in total. The summed E-state index contributed by atoms with van der Waals surface area (Å²) in [5, 5.41) is 15.9. The summed E-state index contributed by atoms with van der Waals surface area (Å²) in [4.78, 5) is 0. The van der Waals surface area contributed by atoms with Crippen molar-refractivity contribution in [1.82, 2.24) is 0 Å². The van der Waals surface area contributed by atoms with Crippen LogP contribution in [0.15, 0.2) is 101 Å². The number of aliphatic hydroxyl groups is 1. The molecule has 1 aliphatic rings. The van der Waals surface area contributed by atoms with Gasteiger partial charge in [-0.25, -0.2) is 0 Å². The number of hydrogen-bond donors (Lipinski definition) is 1. The van der Waals surface area contributed by atoms with Crippen LogP contribution in [0.4, 0.5) is 0 Å². The lowest BCUT2D eigenvalue weighted by Crippen LogP contribution is -2.27. The smallest absolute Gasteiger partial charge is 0.142 e. The summed E-state index contributed by atoms with van der Waals surface area (Å²) in [7, 11) is 0. The maximum absolute atomic E-state index is 12.4. The largest absolute Gasteiger partial charge is 0.376 e. The van der Waals surface area contributed by atoms with E-state index in [4.69, 9.17) is 0 Å². The van der Waals surface area contributed by atoms with Gasteiger partial charge < -0.3 is 5.11 Å². The molecule has 1 heterocycles. The normalized spacial score (nSPS) is 17.1. The van der Waals surface area contributed by atoms with Gasteiger partial charge in [0, 0.05) is 42.4 Å². The molecule has 0 spiro atoms. The Bertz CT molecular complexity index is 1430. The van der Waals surface area contributed by atoms with Crippen molar-refractivity contribution in [3.8, 4) is 22.3 Å². The summed E-state index contributed by atoms with van der Waals surface area (Å²) >= 11 is 5.47. The average Bonchev–Trinajstić information content (AvgIpc) is 3.33. The molecule has 1 aromatic heterocycles. The van der Waals surface area contributed by atoms with Gasteiger partial charge in [0.2, 0.25) is 0 Å². The van der Waals surface area contributed by atoms with Gasteiger partial charge in [0.25, 0.3) is 0 Å². The Morgan fingerprint density at radius 3 is 2.10 bits per heavy atom. The maximum atomic E-state index is 12.4. The monoisotopic (exact) mass is 468 g/mol. The molecule has 30 heavy (non-hydrogen) atoms. The molecule has 4 aromatic carbocycles. The molecule has 0 fully saturated rings. The van der Waals surface area contributed by atoms with E-state index in [-0.39, 0.29) is 0 Å². The Morgan fingerprint density at radius 2 is 1.27 bits per heavy atom. The van der Waals surface area contributed by atoms with E-state index in [1.54, 1.807) is 11.3 Å². The van der Waals surface area contributed by atoms with E-state index in [2.05, 4.69) is 69.8 Å². The quantitative estimate of drug-likeness (QED) is 0.282. The fourth-order valence-corrected chi connectivity index (χ4v) is 6.31. The topological polar surface area (TPSA) is 20.2 Å². The number of halogens is 1. The van der Waals surface area contributed by atoms with Crippen LogP contribution in [0.5, 0.6) is 0 Å². The molecule has 1 aliphatic carbocycles. The molecule has 1 unspecified atom stereocenters. The first kappa shape index (κ1) is 18.1. The van der Waals surface area contributed by atoms with E-state index in [0.717, 1.165) is 37.9 Å². The van der Waals surface area contributed by atoms with Crippen LogP contribution in [0.3, 0.4) is 0 Å². The van der Waals surface area contributed by atoms with Gasteiger partial charge in [-0.1, -0.05) is 94.8 Å². The van der Waals surface area contributed by atoms with Crippen LogP contribution in [0.1, 0.15) is 16.7 Å². The second kappa shape index (κ2) is 6.64. The average molecular weight is 469 g/mol. The fourth-order valence-electron chi connectivity index (χ4n) is 4.77. The van der Waals surface area contributed by atoms with Crippen LogP contribution < -0.4 is 0 Å². The van der Waals surface area contributed by atoms with Gasteiger partial charge in [0.1, 0.15) is 5.60 Å². The highest BCUT2D eigenvalue weighted by Crippen LogP contribution is 2.55. The molecule has 0 saturated heterocycles. The zero-order valence-corrected chi connectivity index (χ0v) is 18.4. The van der Waals surface area contributed by atoms with Crippen molar-refractivity contribution in [3.63, 3.8) is 0 Å². The molecule has 0 saturated carbocycles. The Morgan fingerprint density at radius 1 is 0.633 bits per heavy atom. The Labute approximate surface area is 187 Å². The minimum atomic E-state index is -1.21. The first-order chi connectivity index (χ1) is 14.7. The number of fused-ring (bicyclic) bond motifs is 4. The van der Waals surface area contributed by atoms with Gasteiger partial charge in [-0.15, -0.1) is 11.3 Å². The van der Waals surface area contributed by atoms with Crippen molar-refractivity contribution in [2.24, 2.45) is 0 Å². The third kappa shape index (κ3) is 2.37. The Balaban J connectivity index is 1.70. The fraction of sp³-hybridized carbons (Fsp3) is 0.0370. The SMILES string of the molecule is OC1(c2ccccc2-c2csc3ccccc23)c2ccccc2-c2c(Br)cccc21. The summed E-state index contributed by atoms with van der Waals surface area (Å²) in [5.74, 6) is 0. The van der Waals surface area contributed by atoms with Gasteiger partial charge in [0.15, 0.2) is 0 Å². The molecule has 5 aromatic rings. The molecule has 1 N–H and O–H groups in total. The Hall–Kier alpha value is -2.72. The number of benzene rings is 4. The molecule has 0 bridgehead atoms. The molecule has 6 rings (SSSR count). The predicted octanol–water partition coefficient (Wildman–Crippen LogP) is 7.60. The van der Waals surface area contributed by atoms with Crippen LogP contribution in [0.25, 0.3) is 32.3 Å². The third-order valence-corrected chi connectivity index (χ3v) is 7.70. The van der Waals surface area contributed by atoms with E-state index >= 15 is 0 Å². The summed E-state index contributed by atoms with van der Waals surface area (Å²) in [5.41, 5.74) is 5.94. The predicted molar refractivity (Wildman–Crippen MR) is 129 cm³/mol. The first-order valence-corrected chi connectivity index (χ1v) is 11.5. The number of hydrogen-bond acceptors (Lipinski definition) is 2. The van der Waals surface area contributed by atoms with Gasteiger partial charge in [-0.2, -0.15) is 0 Å². The van der Waals surface area contributed by atoms with Gasteiger partial charge >= 0.3 is 0 Å². The lowest BCUT2D eigenvalue weighted by molar-refractivity contribution is 0.131.